The van der Waals surface area contributed by atoms with Gasteiger partial charge in [0.25, 0.3) is 0 Å². The van der Waals surface area contributed by atoms with Gasteiger partial charge < -0.3 is 5.73 Å². The van der Waals surface area contributed by atoms with Crippen molar-refractivity contribution in [2.24, 2.45) is 0 Å². The van der Waals surface area contributed by atoms with Crippen LogP contribution in [0, 0.1) is 0 Å². The largest absolute Gasteiger partial charge is 0.399 e. The number of anilines is 1. The van der Waals surface area contributed by atoms with Gasteiger partial charge in [0.2, 0.25) is 0 Å². The third-order valence-corrected chi connectivity index (χ3v) is 3.46. The molecule has 0 saturated carbocycles. The molecule has 3 rings (SSSR count). The van der Waals surface area contributed by atoms with Gasteiger partial charge in [-0.25, -0.2) is 0 Å². The summed E-state index contributed by atoms with van der Waals surface area (Å²) >= 11 is 6.19. The molecule has 2 aromatic carbocycles. The minimum absolute atomic E-state index is 0.681. The summed E-state index contributed by atoms with van der Waals surface area (Å²) in [6.45, 7) is 0. The molecular formula is C16H13ClN2. The number of benzene rings is 2. The number of halogens is 1. The van der Waals surface area contributed by atoms with Crippen molar-refractivity contribution in [3.63, 3.8) is 0 Å². The molecule has 1 aromatic heterocycles. The molecule has 3 heteroatoms. The van der Waals surface area contributed by atoms with E-state index in [4.69, 9.17) is 17.3 Å². The number of hydrogen-bond acceptors (Lipinski definition) is 2. The van der Waals surface area contributed by atoms with Gasteiger partial charge in [0.1, 0.15) is 0 Å². The van der Waals surface area contributed by atoms with Crippen LogP contribution in [0.25, 0.3) is 10.9 Å². The van der Waals surface area contributed by atoms with Crippen molar-refractivity contribution in [1.82, 2.24) is 4.98 Å². The number of rotatable bonds is 2. The summed E-state index contributed by atoms with van der Waals surface area (Å²) in [5, 5.41) is 1.84. The van der Waals surface area contributed by atoms with Gasteiger partial charge in [0.05, 0.1) is 5.52 Å². The molecule has 0 bridgehead atoms. The van der Waals surface area contributed by atoms with Gasteiger partial charge in [0.15, 0.2) is 0 Å². The Hall–Kier alpha value is -2.06. The van der Waals surface area contributed by atoms with Crippen LogP contribution in [0.1, 0.15) is 11.3 Å². The monoisotopic (exact) mass is 268 g/mol. The SMILES string of the molecule is Nc1ccc(Cc2ccc3ccccc3n2)c(Cl)c1. The topological polar surface area (TPSA) is 38.9 Å². The van der Waals surface area contributed by atoms with Crippen LogP contribution in [0.5, 0.6) is 0 Å². The van der Waals surface area contributed by atoms with Gasteiger partial charge in [0, 0.05) is 28.2 Å². The van der Waals surface area contributed by atoms with E-state index in [9.17, 15) is 0 Å². The molecular weight excluding hydrogens is 256 g/mol. The molecule has 0 radical (unpaired) electrons. The molecule has 2 nitrogen and oxygen atoms in total. The lowest BCUT2D eigenvalue weighted by molar-refractivity contribution is 1.10. The molecule has 0 aliphatic rings. The zero-order valence-corrected chi connectivity index (χ0v) is 11.1. The van der Waals surface area contributed by atoms with Crippen molar-refractivity contribution in [3.8, 4) is 0 Å². The van der Waals surface area contributed by atoms with Gasteiger partial charge in [-0.15, -0.1) is 0 Å². The Balaban J connectivity index is 1.96. The Labute approximate surface area is 116 Å². The molecule has 0 spiro atoms. The first-order valence-corrected chi connectivity index (χ1v) is 6.49. The number of nitrogen functional groups attached to an aromatic ring is 1. The van der Waals surface area contributed by atoms with Crippen molar-refractivity contribution < 1.29 is 0 Å². The van der Waals surface area contributed by atoms with Crippen LogP contribution < -0.4 is 5.73 Å². The quantitative estimate of drug-likeness (QED) is 0.712. The van der Waals surface area contributed by atoms with Gasteiger partial charge >= 0.3 is 0 Å². The van der Waals surface area contributed by atoms with Gasteiger partial charge in [-0.3, -0.25) is 4.98 Å². The van der Waals surface area contributed by atoms with Crippen molar-refractivity contribution in [2.75, 3.05) is 5.73 Å². The Morgan fingerprint density at radius 2 is 1.84 bits per heavy atom. The lowest BCUT2D eigenvalue weighted by atomic mass is 10.1. The predicted octanol–water partition coefficient (Wildman–Crippen LogP) is 4.06. The smallest absolute Gasteiger partial charge is 0.0705 e. The lowest BCUT2D eigenvalue weighted by Crippen LogP contribution is -1.94. The summed E-state index contributed by atoms with van der Waals surface area (Å²) in [4.78, 5) is 4.64. The summed E-state index contributed by atoms with van der Waals surface area (Å²) in [5.41, 5.74) is 9.43. The Bertz CT molecular complexity index is 738. The van der Waals surface area contributed by atoms with Crippen LogP contribution in [0.3, 0.4) is 0 Å². The van der Waals surface area contributed by atoms with Crippen molar-refractivity contribution in [1.29, 1.82) is 0 Å². The first-order valence-electron chi connectivity index (χ1n) is 6.11. The summed E-state index contributed by atoms with van der Waals surface area (Å²) in [5.74, 6) is 0. The second kappa shape index (κ2) is 4.90. The van der Waals surface area contributed by atoms with Gasteiger partial charge in [-0.1, -0.05) is 41.9 Å². The van der Waals surface area contributed by atoms with E-state index in [2.05, 4.69) is 17.1 Å². The average molecular weight is 269 g/mol. The second-order valence-electron chi connectivity index (χ2n) is 4.52. The summed E-state index contributed by atoms with van der Waals surface area (Å²) < 4.78 is 0. The van der Waals surface area contributed by atoms with Gasteiger partial charge in [-0.05, 0) is 29.8 Å². The second-order valence-corrected chi connectivity index (χ2v) is 4.93. The van der Waals surface area contributed by atoms with E-state index < -0.39 is 0 Å². The molecule has 94 valence electrons. The highest BCUT2D eigenvalue weighted by atomic mass is 35.5. The van der Waals surface area contributed by atoms with E-state index in [1.807, 2.05) is 36.4 Å². The molecule has 19 heavy (non-hydrogen) atoms. The van der Waals surface area contributed by atoms with Crippen LogP contribution in [-0.4, -0.2) is 4.98 Å². The minimum Gasteiger partial charge on any atom is -0.399 e. The fourth-order valence-electron chi connectivity index (χ4n) is 2.11. The summed E-state index contributed by atoms with van der Waals surface area (Å²) in [7, 11) is 0. The zero-order valence-electron chi connectivity index (χ0n) is 10.3. The summed E-state index contributed by atoms with van der Waals surface area (Å²) in [6.07, 6.45) is 0.712. The minimum atomic E-state index is 0.681. The number of aromatic nitrogens is 1. The van der Waals surface area contributed by atoms with Crippen molar-refractivity contribution in [2.45, 2.75) is 6.42 Å². The first kappa shape index (κ1) is 12.0. The van der Waals surface area contributed by atoms with E-state index in [0.717, 1.165) is 22.2 Å². The fraction of sp³-hybridized carbons (Fsp3) is 0.0625. The number of hydrogen-bond donors (Lipinski definition) is 1. The molecule has 0 saturated heterocycles. The molecule has 1 heterocycles. The molecule has 0 fully saturated rings. The normalized spacial score (nSPS) is 10.8. The van der Waals surface area contributed by atoms with Crippen LogP contribution in [-0.2, 0) is 6.42 Å². The number of para-hydroxylation sites is 1. The summed E-state index contributed by atoms with van der Waals surface area (Å²) in [6, 6.07) is 17.8. The van der Waals surface area contributed by atoms with Crippen LogP contribution >= 0.6 is 11.6 Å². The molecule has 3 aromatic rings. The lowest BCUT2D eigenvalue weighted by Gasteiger charge is -2.06. The molecule has 0 atom stereocenters. The Morgan fingerprint density at radius 3 is 2.68 bits per heavy atom. The maximum absolute atomic E-state index is 6.19. The van der Waals surface area contributed by atoms with E-state index in [1.54, 1.807) is 6.07 Å². The van der Waals surface area contributed by atoms with E-state index in [-0.39, 0.29) is 0 Å². The highest BCUT2D eigenvalue weighted by Gasteiger charge is 2.04. The van der Waals surface area contributed by atoms with Crippen molar-refractivity contribution >= 4 is 28.2 Å². The third-order valence-electron chi connectivity index (χ3n) is 3.10. The Kier molecular flexibility index (Phi) is 3.10. The average Bonchev–Trinajstić information content (AvgIpc) is 2.42. The maximum atomic E-state index is 6.19. The molecule has 0 aliphatic carbocycles. The van der Waals surface area contributed by atoms with Gasteiger partial charge in [-0.2, -0.15) is 0 Å². The third kappa shape index (κ3) is 2.54. The fourth-order valence-corrected chi connectivity index (χ4v) is 2.36. The highest BCUT2D eigenvalue weighted by Crippen LogP contribution is 2.22. The number of nitrogens with two attached hydrogens (primary N) is 1. The maximum Gasteiger partial charge on any atom is 0.0705 e. The number of pyridine rings is 1. The first-order chi connectivity index (χ1) is 9.22. The molecule has 2 N–H and O–H groups in total. The highest BCUT2D eigenvalue weighted by molar-refractivity contribution is 6.31. The molecule has 0 aliphatic heterocycles. The van der Waals surface area contributed by atoms with E-state index in [1.165, 1.54) is 0 Å². The predicted molar refractivity (Wildman–Crippen MR) is 80.4 cm³/mol. The standard InChI is InChI=1S/C16H13ClN2/c17-15-10-13(18)7-5-12(15)9-14-8-6-11-3-1-2-4-16(11)19-14/h1-8,10H,9,18H2. The molecule has 0 unspecified atom stereocenters. The van der Waals surface area contributed by atoms with E-state index >= 15 is 0 Å². The number of nitrogens with zero attached hydrogens (tertiary/aromatic N) is 1. The number of fused-ring (bicyclic) bond motifs is 1. The Morgan fingerprint density at radius 1 is 1.00 bits per heavy atom. The van der Waals surface area contributed by atoms with E-state index in [0.29, 0.717) is 17.1 Å². The zero-order chi connectivity index (χ0) is 13.2. The van der Waals surface area contributed by atoms with Crippen LogP contribution in [0.15, 0.2) is 54.6 Å². The van der Waals surface area contributed by atoms with Crippen molar-refractivity contribution in [3.05, 3.63) is 70.9 Å². The van der Waals surface area contributed by atoms with Crippen LogP contribution in [0.2, 0.25) is 5.02 Å². The molecule has 0 amide bonds. The van der Waals surface area contributed by atoms with Crippen LogP contribution in [0.4, 0.5) is 5.69 Å².